The van der Waals surface area contributed by atoms with Crippen LogP contribution in [0, 0.1) is 0 Å². The van der Waals surface area contributed by atoms with E-state index in [1.54, 1.807) is 25.2 Å². The Labute approximate surface area is 209 Å². The molecule has 0 unspecified atom stereocenters. The van der Waals surface area contributed by atoms with Crippen LogP contribution in [0.5, 0.6) is 11.6 Å². The van der Waals surface area contributed by atoms with Gasteiger partial charge >= 0.3 is 0 Å². The molecule has 2 aromatic heterocycles. The number of piperazine rings is 1. The van der Waals surface area contributed by atoms with Gasteiger partial charge in [-0.3, -0.25) is 9.59 Å². The monoisotopic (exact) mass is 484 g/mol. The molecule has 0 aliphatic carbocycles. The van der Waals surface area contributed by atoms with Crippen molar-refractivity contribution in [3.63, 3.8) is 0 Å². The SMILES string of the molecule is COc1ccc2[nH]c(C(=O)N3CC(=O)N(Cc4cccc(OC)n4)[C@@H](Cc4ccccc4)C3)cc2c1. The van der Waals surface area contributed by atoms with Gasteiger partial charge in [0.05, 0.1) is 32.5 Å². The van der Waals surface area contributed by atoms with Crippen molar-refractivity contribution in [2.45, 2.75) is 19.0 Å². The normalized spacial score (nSPS) is 15.8. The number of carbonyl (C=O) groups is 2. The van der Waals surface area contributed by atoms with Gasteiger partial charge in [0.25, 0.3) is 5.91 Å². The quantitative estimate of drug-likeness (QED) is 0.432. The molecule has 1 atom stereocenters. The van der Waals surface area contributed by atoms with Crippen LogP contribution in [0.2, 0.25) is 0 Å². The van der Waals surface area contributed by atoms with E-state index in [1.165, 1.54) is 0 Å². The number of ether oxygens (including phenoxy) is 2. The Morgan fingerprint density at radius 3 is 2.64 bits per heavy atom. The van der Waals surface area contributed by atoms with Gasteiger partial charge in [0, 0.05) is 23.5 Å². The van der Waals surface area contributed by atoms with Crippen LogP contribution < -0.4 is 9.47 Å². The fourth-order valence-corrected chi connectivity index (χ4v) is 4.67. The number of nitrogens with one attached hydrogen (secondary N) is 1. The molecule has 2 amide bonds. The van der Waals surface area contributed by atoms with Crippen LogP contribution in [-0.4, -0.2) is 64.9 Å². The van der Waals surface area contributed by atoms with E-state index in [2.05, 4.69) is 9.97 Å². The minimum atomic E-state index is -0.199. The summed E-state index contributed by atoms with van der Waals surface area (Å²) in [6.07, 6.45) is 0.629. The molecule has 184 valence electrons. The molecule has 1 aliphatic heterocycles. The Morgan fingerprint density at radius 2 is 1.86 bits per heavy atom. The molecule has 0 saturated carbocycles. The number of nitrogens with zero attached hydrogens (tertiary/aromatic N) is 3. The van der Waals surface area contributed by atoms with Crippen molar-refractivity contribution < 1.29 is 19.1 Å². The van der Waals surface area contributed by atoms with Gasteiger partial charge in [0.1, 0.15) is 18.0 Å². The van der Waals surface area contributed by atoms with E-state index >= 15 is 0 Å². The van der Waals surface area contributed by atoms with Gasteiger partial charge in [-0.25, -0.2) is 4.98 Å². The van der Waals surface area contributed by atoms with Crippen LogP contribution in [0.15, 0.2) is 72.8 Å². The molecule has 8 nitrogen and oxygen atoms in total. The van der Waals surface area contributed by atoms with Crippen LogP contribution in [0.4, 0.5) is 0 Å². The summed E-state index contributed by atoms with van der Waals surface area (Å²) in [4.78, 5) is 38.0. The topological polar surface area (TPSA) is 87.8 Å². The number of benzene rings is 2. The summed E-state index contributed by atoms with van der Waals surface area (Å²) in [5, 5.41) is 0.882. The van der Waals surface area contributed by atoms with Crippen molar-refractivity contribution >= 4 is 22.7 Å². The number of aromatic amines is 1. The van der Waals surface area contributed by atoms with E-state index < -0.39 is 0 Å². The number of rotatable bonds is 7. The number of carbonyl (C=O) groups excluding carboxylic acids is 2. The molecule has 4 aromatic rings. The van der Waals surface area contributed by atoms with Crippen molar-refractivity contribution in [3.8, 4) is 11.6 Å². The number of aromatic nitrogens is 2. The molecule has 36 heavy (non-hydrogen) atoms. The summed E-state index contributed by atoms with van der Waals surface area (Å²) in [7, 11) is 3.18. The Morgan fingerprint density at radius 1 is 1.03 bits per heavy atom. The maximum absolute atomic E-state index is 13.5. The lowest BCUT2D eigenvalue weighted by molar-refractivity contribution is -0.139. The van der Waals surface area contributed by atoms with E-state index in [9.17, 15) is 9.59 Å². The summed E-state index contributed by atoms with van der Waals surface area (Å²) in [5.74, 6) is 0.913. The van der Waals surface area contributed by atoms with Gasteiger partial charge in [0.2, 0.25) is 11.8 Å². The van der Waals surface area contributed by atoms with Gasteiger partial charge < -0.3 is 24.3 Å². The first kappa shape index (κ1) is 23.4. The minimum absolute atomic E-state index is 0.00672. The molecule has 0 spiro atoms. The molecular weight excluding hydrogens is 456 g/mol. The molecule has 2 aromatic carbocycles. The average molecular weight is 485 g/mol. The van der Waals surface area contributed by atoms with Crippen LogP contribution >= 0.6 is 0 Å². The first-order chi connectivity index (χ1) is 17.5. The first-order valence-corrected chi connectivity index (χ1v) is 11.8. The first-order valence-electron chi connectivity index (χ1n) is 11.8. The number of amides is 2. The highest BCUT2D eigenvalue weighted by Gasteiger charge is 2.35. The molecule has 1 saturated heterocycles. The van der Waals surface area contributed by atoms with Gasteiger partial charge in [-0.2, -0.15) is 0 Å². The van der Waals surface area contributed by atoms with Gasteiger partial charge in [-0.15, -0.1) is 0 Å². The Hall–Kier alpha value is -4.33. The van der Waals surface area contributed by atoms with E-state index in [4.69, 9.17) is 9.47 Å². The van der Waals surface area contributed by atoms with Crippen LogP contribution in [0.1, 0.15) is 21.7 Å². The number of fused-ring (bicyclic) bond motifs is 1. The average Bonchev–Trinajstić information content (AvgIpc) is 3.34. The smallest absolute Gasteiger partial charge is 0.270 e. The predicted molar refractivity (Wildman–Crippen MR) is 136 cm³/mol. The van der Waals surface area contributed by atoms with Gasteiger partial charge in [-0.05, 0) is 42.3 Å². The third-order valence-corrected chi connectivity index (χ3v) is 6.50. The molecule has 5 rings (SSSR count). The van der Waals surface area contributed by atoms with Crippen LogP contribution in [0.25, 0.3) is 10.9 Å². The highest BCUT2D eigenvalue weighted by molar-refractivity contribution is 6.00. The van der Waals surface area contributed by atoms with Crippen molar-refractivity contribution in [2.75, 3.05) is 27.3 Å². The number of H-pyrrole nitrogens is 1. The largest absolute Gasteiger partial charge is 0.497 e. The summed E-state index contributed by atoms with van der Waals surface area (Å²) >= 11 is 0. The fourth-order valence-electron chi connectivity index (χ4n) is 4.67. The Balaban J connectivity index is 1.41. The molecule has 1 aliphatic rings. The summed E-state index contributed by atoms with van der Waals surface area (Å²) in [6, 6.07) is 22.7. The van der Waals surface area contributed by atoms with Crippen molar-refractivity contribution in [2.24, 2.45) is 0 Å². The second kappa shape index (κ2) is 10.1. The van der Waals surface area contributed by atoms with Crippen LogP contribution in [-0.2, 0) is 17.8 Å². The van der Waals surface area contributed by atoms with Crippen molar-refractivity contribution in [1.82, 2.24) is 19.8 Å². The highest BCUT2D eigenvalue weighted by atomic mass is 16.5. The number of pyridine rings is 1. The van der Waals surface area contributed by atoms with Crippen LogP contribution in [0.3, 0.4) is 0 Å². The maximum Gasteiger partial charge on any atom is 0.270 e. The maximum atomic E-state index is 13.5. The molecule has 0 radical (unpaired) electrons. The summed E-state index contributed by atoms with van der Waals surface area (Å²) in [5.41, 5.74) is 3.14. The zero-order valence-electron chi connectivity index (χ0n) is 20.3. The zero-order valence-corrected chi connectivity index (χ0v) is 20.3. The van der Waals surface area contributed by atoms with E-state index in [0.717, 1.165) is 27.9 Å². The minimum Gasteiger partial charge on any atom is -0.497 e. The van der Waals surface area contributed by atoms with Gasteiger partial charge in [0.15, 0.2) is 0 Å². The van der Waals surface area contributed by atoms with E-state index in [1.807, 2.05) is 71.6 Å². The third-order valence-electron chi connectivity index (χ3n) is 6.50. The van der Waals surface area contributed by atoms with E-state index in [0.29, 0.717) is 31.1 Å². The number of methoxy groups -OCH3 is 2. The molecule has 3 heterocycles. The lowest BCUT2D eigenvalue weighted by Gasteiger charge is -2.41. The summed E-state index contributed by atoms with van der Waals surface area (Å²) in [6.45, 7) is 0.774. The second-order valence-electron chi connectivity index (χ2n) is 8.86. The molecule has 0 bridgehead atoms. The van der Waals surface area contributed by atoms with Crippen molar-refractivity contribution in [3.05, 3.63) is 89.7 Å². The summed E-state index contributed by atoms with van der Waals surface area (Å²) < 4.78 is 10.5. The molecular formula is C28H28N4O4. The standard InChI is InChI=1S/C28H28N4O4/c1-35-23-11-12-24-20(14-23)15-25(30-24)28(34)31-17-22(13-19-7-4-3-5-8-19)32(27(33)18-31)16-21-9-6-10-26(29-21)36-2/h3-12,14-15,22,30H,13,16-18H2,1-2H3/t22-/m0/s1. The third kappa shape index (κ3) is 4.88. The number of hydrogen-bond donors (Lipinski definition) is 1. The molecule has 1 fully saturated rings. The molecule has 8 heteroatoms. The van der Waals surface area contributed by atoms with Crippen molar-refractivity contribution in [1.29, 1.82) is 0 Å². The Kier molecular flexibility index (Phi) is 6.58. The van der Waals surface area contributed by atoms with E-state index in [-0.39, 0.29) is 24.4 Å². The Bertz CT molecular complexity index is 1380. The predicted octanol–water partition coefficient (Wildman–Crippen LogP) is 3.68. The number of hydrogen-bond acceptors (Lipinski definition) is 5. The molecule has 1 N–H and O–H groups in total. The van der Waals surface area contributed by atoms with Gasteiger partial charge in [-0.1, -0.05) is 36.4 Å². The highest BCUT2D eigenvalue weighted by Crippen LogP contribution is 2.24. The lowest BCUT2D eigenvalue weighted by atomic mass is 10.0. The zero-order chi connectivity index (χ0) is 25.1. The fraction of sp³-hybridized carbons (Fsp3) is 0.250. The second-order valence-corrected chi connectivity index (χ2v) is 8.86. The lowest BCUT2D eigenvalue weighted by Crippen LogP contribution is -2.58.